The van der Waals surface area contributed by atoms with Gasteiger partial charge in [0.15, 0.2) is 0 Å². The molecular weight excluding hydrogens is 248 g/mol. The average Bonchev–Trinajstić information content (AvgIpc) is 2.41. The van der Waals surface area contributed by atoms with Crippen LogP contribution in [0.25, 0.3) is 0 Å². The Morgan fingerprint density at radius 3 is 3.00 bits per heavy atom. The molecule has 1 amide bonds. The van der Waals surface area contributed by atoms with Crippen LogP contribution in [0.5, 0.6) is 0 Å². The molecular formula is C13H18N2O2S. The van der Waals surface area contributed by atoms with Crippen molar-refractivity contribution >= 4 is 17.7 Å². The Bertz CT molecular complexity index is 425. The van der Waals surface area contributed by atoms with E-state index in [4.69, 9.17) is 0 Å². The topological polar surface area (TPSA) is 62.2 Å². The summed E-state index contributed by atoms with van der Waals surface area (Å²) in [6.07, 6.45) is 6.87. The number of amides is 1. The molecule has 4 nitrogen and oxygen atoms in total. The normalized spacial score (nSPS) is 23.7. The van der Waals surface area contributed by atoms with Crippen LogP contribution in [0.2, 0.25) is 0 Å². The lowest BCUT2D eigenvalue weighted by Crippen LogP contribution is -2.45. The predicted molar refractivity (Wildman–Crippen MR) is 71.7 cm³/mol. The number of rotatable bonds is 3. The van der Waals surface area contributed by atoms with Crippen molar-refractivity contribution in [1.29, 1.82) is 0 Å². The first kappa shape index (κ1) is 13.4. The van der Waals surface area contributed by atoms with E-state index < -0.39 is 6.10 Å². The molecule has 0 bridgehead atoms. The first-order valence-electron chi connectivity index (χ1n) is 6.20. The number of aromatic nitrogens is 1. The van der Waals surface area contributed by atoms with Gasteiger partial charge in [-0.3, -0.25) is 4.79 Å². The van der Waals surface area contributed by atoms with Gasteiger partial charge in [-0.2, -0.15) is 0 Å². The van der Waals surface area contributed by atoms with Gasteiger partial charge in [-0.05, 0) is 31.2 Å². The minimum Gasteiger partial charge on any atom is -0.391 e. The Hall–Kier alpha value is -1.07. The van der Waals surface area contributed by atoms with Crippen LogP contribution in [0.4, 0.5) is 0 Å². The SMILES string of the molecule is CSc1ncccc1C(=O)N[C@@H]1CCCC[C@H]1O. The molecule has 0 spiro atoms. The summed E-state index contributed by atoms with van der Waals surface area (Å²) >= 11 is 1.45. The third-order valence-electron chi connectivity index (χ3n) is 3.26. The molecule has 0 radical (unpaired) electrons. The molecule has 0 aliphatic heterocycles. The zero-order valence-corrected chi connectivity index (χ0v) is 11.2. The van der Waals surface area contributed by atoms with Crippen LogP contribution in [0, 0.1) is 0 Å². The Balaban J connectivity index is 2.07. The number of carbonyl (C=O) groups is 1. The van der Waals surface area contributed by atoms with Crippen molar-refractivity contribution in [2.75, 3.05) is 6.26 Å². The maximum atomic E-state index is 12.2. The van der Waals surface area contributed by atoms with Crippen LogP contribution < -0.4 is 5.32 Å². The van der Waals surface area contributed by atoms with Crippen molar-refractivity contribution in [2.24, 2.45) is 0 Å². The average molecular weight is 266 g/mol. The van der Waals surface area contributed by atoms with E-state index in [1.807, 2.05) is 6.26 Å². The molecule has 2 N–H and O–H groups in total. The van der Waals surface area contributed by atoms with E-state index in [9.17, 15) is 9.90 Å². The minimum absolute atomic E-state index is 0.124. The van der Waals surface area contributed by atoms with Gasteiger partial charge >= 0.3 is 0 Å². The van der Waals surface area contributed by atoms with Crippen molar-refractivity contribution in [1.82, 2.24) is 10.3 Å². The number of pyridine rings is 1. The van der Waals surface area contributed by atoms with Gasteiger partial charge in [0.05, 0.1) is 17.7 Å². The van der Waals surface area contributed by atoms with Gasteiger partial charge in [0, 0.05) is 6.20 Å². The number of nitrogens with one attached hydrogen (secondary N) is 1. The van der Waals surface area contributed by atoms with Crippen molar-refractivity contribution in [3.63, 3.8) is 0 Å². The van der Waals surface area contributed by atoms with Crippen LogP contribution in [-0.2, 0) is 0 Å². The molecule has 1 fully saturated rings. The summed E-state index contributed by atoms with van der Waals surface area (Å²) in [7, 11) is 0. The van der Waals surface area contributed by atoms with E-state index in [1.165, 1.54) is 11.8 Å². The number of aliphatic hydroxyl groups is 1. The Labute approximate surface area is 111 Å². The van der Waals surface area contributed by atoms with Crippen molar-refractivity contribution in [3.05, 3.63) is 23.9 Å². The van der Waals surface area contributed by atoms with Crippen LogP contribution in [-0.4, -0.2) is 34.4 Å². The number of aliphatic hydroxyl groups excluding tert-OH is 1. The Morgan fingerprint density at radius 1 is 1.50 bits per heavy atom. The second-order valence-corrected chi connectivity index (χ2v) is 5.29. The summed E-state index contributed by atoms with van der Waals surface area (Å²) in [6, 6.07) is 3.40. The van der Waals surface area contributed by atoms with E-state index in [-0.39, 0.29) is 11.9 Å². The molecule has 1 aliphatic rings. The molecule has 0 unspecified atom stereocenters. The highest BCUT2D eigenvalue weighted by Crippen LogP contribution is 2.20. The monoisotopic (exact) mass is 266 g/mol. The summed E-state index contributed by atoms with van der Waals surface area (Å²) in [5.41, 5.74) is 0.586. The Morgan fingerprint density at radius 2 is 2.28 bits per heavy atom. The molecule has 0 saturated heterocycles. The molecule has 18 heavy (non-hydrogen) atoms. The molecule has 1 saturated carbocycles. The summed E-state index contributed by atoms with van der Waals surface area (Å²) in [5.74, 6) is -0.140. The fourth-order valence-electron chi connectivity index (χ4n) is 2.25. The molecule has 1 aliphatic carbocycles. The standard InChI is InChI=1S/C13H18N2O2S/c1-18-13-9(5-4-8-14-13)12(17)15-10-6-2-3-7-11(10)16/h4-5,8,10-11,16H,2-3,6-7H2,1H3,(H,15,17)/t10-,11-/m1/s1. The van der Waals surface area contributed by atoms with E-state index >= 15 is 0 Å². The lowest BCUT2D eigenvalue weighted by molar-refractivity contribution is 0.0714. The van der Waals surface area contributed by atoms with E-state index in [0.29, 0.717) is 5.56 Å². The van der Waals surface area contributed by atoms with Crippen molar-refractivity contribution in [2.45, 2.75) is 42.9 Å². The van der Waals surface area contributed by atoms with E-state index in [2.05, 4.69) is 10.3 Å². The maximum Gasteiger partial charge on any atom is 0.254 e. The molecule has 5 heteroatoms. The van der Waals surface area contributed by atoms with Crippen LogP contribution >= 0.6 is 11.8 Å². The maximum absolute atomic E-state index is 12.2. The quantitative estimate of drug-likeness (QED) is 0.819. The van der Waals surface area contributed by atoms with Crippen molar-refractivity contribution < 1.29 is 9.90 Å². The number of carbonyl (C=O) groups excluding carboxylic acids is 1. The number of nitrogens with zero attached hydrogens (tertiary/aromatic N) is 1. The lowest BCUT2D eigenvalue weighted by Gasteiger charge is -2.28. The fraction of sp³-hybridized carbons (Fsp3) is 0.538. The van der Waals surface area contributed by atoms with E-state index in [0.717, 1.165) is 30.7 Å². The lowest BCUT2D eigenvalue weighted by atomic mass is 9.92. The van der Waals surface area contributed by atoms with Crippen LogP contribution in [0.15, 0.2) is 23.4 Å². The van der Waals surface area contributed by atoms with Crippen LogP contribution in [0.1, 0.15) is 36.0 Å². The van der Waals surface area contributed by atoms with Gasteiger partial charge in [-0.1, -0.05) is 12.8 Å². The fourth-order valence-corrected chi connectivity index (χ4v) is 2.80. The molecule has 2 rings (SSSR count). The van der Waals surface area contributed by atoms with Gasteiger partial charge < -0.3 is 10.4 Å². The highest BCUT2D eigenvalue weighted by molar-refractivity contribution is 7.98. The summed E-state index contributed by atoms with van der Waals surface area (Å²) in [6.45, 7) is 0. The Kier molecular flexibility index (Phi) is 4.60. The molecule has 2 atom stereocenters. The van der Waals surface area contributed by atoms with Crippen LogP contribution in [0.3, 0.4) is 0 Å². The molecule has 98 valence electrons. The van der Waals surface area contributed by atoms with Gasteiger partial charge in [0.2, 0.25) is 0 Å². The predicted octanol–water partition coefficient (Wildman–Crippen LogP) is 1.84. The largest absolute Gasteiger partial charge is 0.391 e. The first-order chi connectivity index (χ1) is 8.72. The number of hydrogen-bond donors (Lipinski definition) is 2. The zero-order valence-electron chi connectivity index (χ0n) is 10.4. The third kappa shape index (κ3) is 3.03. The highest BCUT2D eigenvalue weighted by Gasteiger charge is 2.25. The first-order valence-corrected chi connectivity index (χ1v) is 7.43. The summed E-state index contributed by atoms with van der Waals surface area (Å²) in [5, 5.41) is 13.5. The summed E-state index contributed by atoms with van der Waals surface area (Å²) in [4.78, 5) is 16.3. The van der Waals surface area contributed by atoms with E-state index in [1.54, 1.807) is 18.3 Å². The smallest absolute Gasteiger partial charge is 0.254 e. The number of thioether (sulfide) groups is 1. The number of hydrogen-bond acceptors (Lipinski definition) is 4. The third-order valence-corrected chi connectivity index (χ3v) is 3.97. The molecule has 1 heterocycles. The molecule has 1 aromatic heterocycles. The minimum atomic E-state index is -0.419. The highest BCUT2D eigenvalue weighted by atomic mass is 32.2. The second kappa shape index (κ2) is 6.20. The van der Waals surface area contributed by atoms with Crippen molar-refractivity contribution in [3.8, 4) is 0 Å². The van der Waals surface area contributed by atoms with Gasteiger partial charge in [0.1, 0.15) is 5.03 Å². The zero-order chi connectivity index (χ0) is 13.0. The van der Waals surface area contributed by atoms with Gasteiger partial charge in [0.25, 0.3) is 5.91 Å². The molecule has 0 aromatic carbocycles. The summed E-state index contributed by atoms with van der Waals surface area (Å²) < 4.78 is 0. The van der Waals surface area contributed by atoms with Gasteiger partial charge in [-0.15, -0.1) is 11.8 Å². The molecule has 1 aromatic rings. The second-order valence-electron chi connectivity index (χ2n) is 4.49. The van der Waals surface area contributed by atoms with Gasteiger partial charge in [-0.25, -0.2) is 4.98 Å².